The van der Waals surface area contributed by atoms with Crippen LogP contribution in [0, 0.1) is 17.8 Å². The molecule has 0 N–H and O–H groups in total. The van der Waals surface area contributed by atoms with Gasteiger partial charge in [0.05, 0.1) is 25.7 Å². The molecule has 2 heterocycles. The number of ether oxygens (including phenoxy) is 2. The second kappa shape index (κ2) is 3.86. The van der Waals surface area contributed by atoms with Crippen molar-refractivity contribution >= 4 is 5.91 Å². The normalized spacial score (nSPS) is 36.5. The lowest BCUT2D eigenvalue weighted by Gasteiger charge is -2.47. The van der Waals surface area contributed by atoms with Gasteiger partial charge in [-0.05, 0) is 42.0 Å². The number of piperidine rings is 1. The quantitative estimate of drug-likeness (QED) is 0.785. The first kappa shape index (κ1) is 12.6. The summed E-state index contributed by atoms with van der Waals surface area (Å²) in [6.45, 7) is 0.828. The van der Waals surface area contributed by atoms with E-state index >= 15 is 0 Å². The molecule has 1 amide bonds. The van der Waals surface area contributed by atoms with Gasteiger partial charge in [0.15, 0.2) is 11.5 Å². The van der Waals surface area contributed by atoms with Crippen molar-refractivity contribution in [1.82, 2.24) is 4.90 Å². The molecular formula is C18H19NO3. The van der Waals surface area contributed by atoms with Gasteiger partial charge < -0.3 is 14.4 Å². The maximum Gasteiger partial charge on any atom is 0.227 e. The van der Waals surface area contributed by atoms with Crippen molar-refractivity contribution in [2.24, 2.45) is 17.8 Å². The molecule has 2 aliphatic carbocycles. The van der Waals surface area contributed by atoms with Crippen LogP contribution in [0.4, 0.5) is 0 Å². The highest BCUT2D eigenvalue weighted by atomic mass is 16.5. The first-order chi connectivity index (χ1) is 10.7. The van der Waals surface area contributed by atoms with Gasteiger partial charge in [-0.1, -0.05) is 12.2 Å². The van der Waals surface area contributed by atoms with E-state index in [0.717, 1.165) is 30.9 Å². The van der Waals surface area contributed by atoms with Gasteiger partial charge in [-0.25, -0.2) is 0 Å². The van der Waals surface area contributed by atoms with E-state index in [1.165, 1.54) is 11.1 Å². The molecule has 1 saturated heterocycles. The Morgan fingerprint density at radius 2 is 2.00 bits per heavy atom. The van der Waals surface area contributed by atoms with Crippen LogP contribution in [0.2, 0.25) is 0 Å². The molecule has 22 heavy (non-hydrogen) atoms. The number of allylic oxidation sites excluding steroid dienone is 1. The number of amides is 1. The summed E-state index contributed by atoms with van der Waals surface area (Å²) in [5.41, 5.74) is 2.46. The molecule has 4 aliphatic rings. The largest absolute Gasteiger partial charge is 0.493 e. The van der Waals surface area contributed by atoms with Crippen LogP contribution in [0.1, 0.15) is 17.5 Å². The Morgan fingerprint density at radius 3 is 2.77 bits per heavy atom. The number of fused-ring (bicyclic) bond motifs is 2. The maximum absolute atomic E-state index is 12.7. The van der Waals surface area contributed by atoms with Gasteiger partial charge >= 0.3 is 0 Å². The van der Waals surface area contributed by atoms with E-state index in [2.05, 4.69) is 29.2 Å². The highest BCUT2D eigenvalue weighted by molar-refractivity contribution is 5.89. The van der Waals surface area contributed by atoms with Crippen LogP contribution in [0.25, 0.3) is 0 Å². The highest BCUT2D eigenvalue weighted by Gasteiger charge is 2.74. The number of carbonyl (C=O) groups excluding carboxylic acids is 1. The molecule has 1 aromatic rings. The van der Waals surface area contributed by atoms with E-state index in [1.807, 2.05) is 0 Å². The average Bonchev–Trinajstić information content (AvgIpc) is 3.22. The van der Waals surface area contributed by atoms with Crippen molar-refractivity contribution < 1.29 is 14.3 Å². The summed E-state index contributed by atoms with van der Waals surface area (Å²) in [6.07, 6.45) is 6.35. The van der Waals surface area contributed by atoms with Crippen LogP contribution in [-0.4, -0.2) is 31.6 Å². The van der Waals surface area contributed by atoms with E-state index in [9.17, 15) is 4.79 Å². The van der Waals surface area contributed by atoms with Crippen LogP contribution < -0.4 is 9.47 Å². The Bertz CT molecular complexity index is 725. The van der Waals surface area contributed by atoms with E-state index in [1.54, 1.807) is 14.2 Å². The van der Waals surface area contributed by atoms with Crippen molar-refractivity contribution in [3.63, 3.8) is 0 Å². The fourth-order valence-corrected chi connectivity index (χ4v) is 5.22. The number of hydrogen-bond acceptors (Lipinski definition) is 3. The second-order valence-electron chi connectivity index (χ2n) is 6.79. The molecule has 114 valence electrons. The van der Waals surface area contributed by atoms with Crippen LogP contribution in [0.3, 0.4) is 0 Å². The van der Waals surface area contributed by atoms with Crippen molar-refractivity contribution in [3.8, 4) is 11.5 Å². The molecule has 0 bridgehead atoms. The van der Waals surface area contributed by atoms with Crippen molar-refractivity contribution in [1.29, 1.82) is 0 Å². The number of hydrogen-bond donors (Lipinski definition) is 0. The average molecular weight is 297 g/mol. The Labute approximate surface area is 129 Å². The minimum atomic E-state index is -0.131. The topological polar surface area (TPSA) is 38.8 Å². The van der Waals surface area contributed by atoms with Gasteiger partial charge in [0.1, 0.15) is 0 Å². The number of nitrogens with zero attached hydrogens (tertiary/aromatic N) is 1. The third-order valence-corrected chi connectivity index (χ3v) is 6.13. The van der Waals surface area contributed by atoms with Crippen LogP contribution in [0.5, 0.6) is 11.5 Å². The minimum absolute atomic E-state index is 0.131. The maximum atomic E-state index is 12.7. The fraction of sp³-hybridized carbons (Fsp3) is 0.500. The van der Waals surface area contributed by atoms with Crippen molar-refractivity contribution in [2.75, 3.05) is 20.8 Å². The zero-order valence-electron chi connectivity index (χ0n) is 12.8. The summed E-state index contributed by atoms with van der Waals surface area (Å²) in [4.78, 5) is 14.9. The van der Waals surface area contributed by atoms with Gasteiger partial charge in [0.2, 0.25) is 5.91 Å². The molecule has 2 aliphatic heterocycles. The van der Waals surface area contributed by atoms with Gasteiger partial charge in [-0.15, -0.1) is 0 Å². The standard InChI is InChI=1S/C18H19NO3/c1-21-13-8-10-5-7-19-17(20)15-11-4-3-6-18(19,16(11)15)12(10)9-14(13)22-2/h3-4,8-9,11,15-16H,5-7H2,1-2H3/t11-,15+,16-,18+/m0/s1. The molecule has 5 rings (SSSR count). The molecule has 2 fully saturated rings. The SMILES string of the molecule is COc1cc2c(cc1OC)[C@@]13CC=C[C@H]4[C@@H](C(=O)N1CC2)[C@H]43. The molecule has 1 saturated carbocycles. The molecule has 1 spiro atoms. The van der Waals surface area contributed by atoms with E-state index < -0.39 is 0 Å². The zero-order valence-corrected chi connectivity index (χ0v) is 12.8. The smallest absolute Gasteiger partial charge is 0.227 e. The van der Waals surface area contributed by atoms with Crippen LogP contribution in [0.15, 0.2) is 24.3 Å². The molecule has 0 radical (unpaired) electrons. The lowest BCUT2D eigenvalue weighted by atomic mass is 9.73. The summed E-state index contributed by atoms with van der Waals surface area (Å²) in [7, 11) is 3.35. The first-order valence-electron chi connectivity index (χ1n) is 7.96. The van der Waals surface area contributed by atoms with Gasteiger partial charge in [-0.2, -0.15) is 0 Å². The van der Waals surface area contributed by atoms with Gasteiger partial charge in [-0.3, -0.25) is 4.79 Å². The predicted molar refractivity (Wildman–Crippen MR) is 80.9 cm³/mol. The monoisotopic (exact) mass is 297 g/mol. The van der Waals surface area contributed by atoms with Gasteiger partial charge in [0, 0.05) is 12.5 Å². The molecule has 4 nitrogen and oxygen atoms in total. The van der Waals surface area contributed by atoms with E-state index in [4.69, 9.17) is 9.47 Å². The first-order valence-corrected chi connectivity index (χ1v) is 7.96. The fourth-order valence-electron chi connectivity index (χ4n) is 5.22. The summed E-state index contributed by atoms with van der Waals surface area (Å²) in [6, 6.07) is 4.22. The summed E-state index contributed by atoms with van der Waals surface area (Å²) >= 11 is 0. The highest BCUT2D eigenvalue weighted by Crippen LogP contribution is 2.70. The Balaban J connectivity index is 1.75. The van der Waals surface area contributed by atoms with Gasteiger partial charge in [0.25, 0.3) is 0 Å². The van der Waals surface area contributed by atoms with E-state index in [0.29, 0.717) is 17.7 Å². The molecule has 4 atom stereocenters. The summed E-state index contributed by atoms with van der Waals surface area (Å²) < 4.78 is 11.0. The zero-order chi connectivity index (χ0) is 15.1. The number of carbonyl (C=O) groups is 1. The summed E-state index contributed by atoms with van der Waals surface area (Å²) in [5.74, 6) is 3.04. The predicted octanol–water partition coefficient (Wildman–Crippen LogP) is 2.12. The minimum Gasteiger partial charge on any atom is -0.493 e. The Morgan fingerprint density at radius 1 is 1.23 bits per heavy atom. The molecule has 0 aromatic heterocycles. The second-order valence-corrected chi connectivity index (χ2v) is 6.79. The molecule has 4 heteroatoms. The Kier molecular flexibility index (Phi) is 2.20. The molecular weight excluding hydrogens is 278 g/mol. The number of methoxy groups -OCH3 is 2. The van der Waals surface area contributed by atoms with Crippen LogP contribution >= 0.6 is 0 Å². The third kappa shape index (κ3) is 1.20. The van der Waals surface area contributed by atoms with Crippen molar-refractivity contribution in [2.45, 2.75) is 18.4 Å². The number of benzene rings is 1. The van der Waals surface area contributed by atoms with E-state index in [-0.39, 0.29) is 11.5 Å². The summed E-state index contributed by atoms with van der Waals surface area (Å²) in [5, 5.41) is 0. The molecule has 0 unspecified atom stereocenters. The third-order valence-electron chi connectivity index (χ3n) is 6.13. The molecule has 1 aromatic carbocycles. The Hall–Kier alpha value is -1.97. The lowest BCUT2D eigenvalue weighted by Crippen LogP contribution is -2.52. The van der Waals surface area contributed by atoms with Crippen LogP contribution in [-0.2, 0) is 16.8 Å². The van der Waals surface area contributed by atoms with Crippen molar-refractivity contribution in [3.05, 3.63) is 35.4 Å². The lowest BCUT2D eigenvalue weighted by molar-refractivity contribution is -0.136. The number of rotatable bonds is 2.